The number of nitrogens with one attached hydrogen (secondary N) is 1. The largest absolute Gasteiger partial charge is 0.462 e. The van der Waals surface area contributed by atoms with Crippen LogP contribution in [0.2, 0.25) is 0 Å². The van der Waals surface area contributed by atoms with Crippen molar-refractivity contribution in [3.8, 4) is 0 Å². The number of anilines is 1. The van der Waals surface area contributed by atoms with Crippen molar-refractivity contribution in [2.45, 2.75) is 25.1 Å². The minimum atomic E-state index is -4.55. The Kier molecular flexibility index (Phi) is 2.98. The molecule has 3 aliphatic rings. The molecule has 23 heavy (non-hydrogen) atoms. The number of hydrogen-bond acceptors (Lipinski definition) is 3. The monoisotopic (exact) mass is 325 g/mol. The SMILES string of the molecule is O=C(Nc1ccccc1C(F)(F)F)C1C2CC3OC(=O)C1C3C2. The minimum absolute atomic E-state index is 0.0134. The van der Waals surface area contributed by atoms with E-state index in [4.69, 9.17) is 4.74 Å². The molecule has 1 N–H and O–H groups in total. The zero-order valence-corrected chi connectivity index (χ0v) is 12.0. The first-order valence-corrected chi connectivity index (χ1v) is 7.54. The Morgan fingerprint density at radius 1 is 1.22 bits per heavy atom. The molecule has 1 aliphatic heterocycles. The molecule has 1 heterocycles. The number of rotatable bonds is 2. The van der Waals surface area contributed by atoms with E-state index in [1.165, 1.54) is 18.2 Å². The van der Waals surface area contributed by atoms with Crippen molar-refractivity contribution in [1.29, 1.82) is 0 Å². The summed E-state index contributed by atoms with van der Waals surface area (Å²) >= 11 is 0. The van der Waals surface area contributed by atoms with Gasteiger partial charge in [0, 0.05) is 5.92 Å². The summed E-state index contributed by atoms with van der Waals surface area (Å²) in [5.41, 5.74) is -1.15. The third-order valence-corrected chi connectivity index (χ3v) is 5.28. The van der Waals surface area contributed by atoms with Gasteiger partial charge < -0.3 is 10.1 Å². The lowest BCUT2D eigenvalue weighted by Crippen LogP contribution is -2.36. The smallest absolute Gasteiger partial charge is 0.418 e. The maximum absolute atomic E-state index is 13.0. The molecule has 3 fully saturated rings. The van der Waals surface area contributed by atoms with Gasteiger partial charge in [-0.1, -0.05) is 12.1 Å². The van der Waals surface area contributed by atoms with E-state index in [-0.39, 0.29) is 29.6 Å². The van der Waals surface area contributed by atoms with E-state index >= 15 is 0 Å². The van der Waals surface area contributed by atoms with Crippen LogP contribution in [0.1, 0.15) is 18.4 Å². The van der Waals surface area contributed by atoms with Crippen LogP contribution in [0.5, 0.6) is 0 Å². The van der Waals surface area contributed by atoms with Gasteiger partial charge >= 0.3 is 12.1 Å². The van der Waals surface area contributed by atoms with Crippen molar-refractivity contribution in [3.63, 3.8) is 0 Å². The quantitative estimate of drug-likeness (QED) is 0.851. The Labute approximate surface area is 130 Å². The molecule has 7 heteroatoms. The number of ether oxygens (including phenoxy) is 1. The fourth-order valence-electron chi connectivity index (χ4n) is 4.42. The Morgan fingerprint density at radius 2 is 1.96 bits per heavy atom. The molecule has 122 valence electrons. The molecular formula is C16H14F3NO3. The summed E-state index contributed by atoms with van der Waals surface area (Å²) in [7, 11) is 0. The standard InChI is InChI=1S/C16H14F3NO3/c17-16(18,19)9-3-1-2-4-10(9)20-14(21)12-7-5-8-11(6-7)23-15(22)13(8)12/h1-4,7-8,11-13H,5-6H2,(H,20,21). The average Bonchev–Trinajstić information content (AvgIpc) is 3.08. The number of fused-ring (bicyclic) bond motifs is 1. The van der Waals surface area contributed by atoms with Gasteiger partial charge in [0.1, 0.15) is 6.10 Å². The summed E-state index contributed by atoms with van der Waals surface area (Å²) in [6.07, 6.45) is -3.29. The van der Waals surface area contributed by atoms with Gasteiger partial charge in [-0.3, -0.25) is 9.59 Å². The molecule has 2 bridgehead atoms. The number of esters is 1. The first-order chi connectivity index (χ1) is 10.9. The second kappa shape index (κ2) is 4.72. The molecular weight excluding hydrogens is 311 g/mol. The van der Waals surface area contributed by atoms with E-state index in [0.29, 0.717) is 6.42 Å². The van der Waals surface area contributed by atoms with E-state index in [0.717, 1.165) is 12.5 Å². The molecule has 4 nitrogen and oxygen atoms in total. The van der Waals surface area contributed by atoms with Crippen molar-refractivity contribution in [2.24, 2.45) is 23.7 Å². The van der Waals surface area contributed by atoms with Crippen LogP contribution in [0.25, 0.3) is 0 Å². The maximum Gasteiger partial charge on any atom is 0.418 e. The summed E-state index contributed by atoms with van der Waals surface area (Å²) in [6.45, 7) is 0. The number of hydrogen-bond donors (Lipinski definition) is 1. The number of alkyl halides is 3. The molecule has 5 atom stereocenters. The summed E-state index contributed by atoms with van der Waals surface area (Å²) in [5, 5.41) is 2.38. The van der Waals surface area contributed by atoms with Crippen LogP contribution in [-0.4, -0.2) is 18.0 Å². The van der Waals surface area contributed by atoms with E-state index in [1.54, 1.807) is 0 Å². The van der Waals surface area contributed by atoms with E-state index in [2.05, 4.69) is 5.32 Å². The molecule has 5 unspecified atom stereocenters. The Morgan fingerprint density at radius 3 is 2.70 bits per heavy atom. The highest BCUT2D eigenvalue weighted by Gasteiger charge is 2.63. The normalized spacial score (nSPS) is 34.6. The number of halogens is 3. The number of carbonyl (C=O) groups excluding carboxylic acids is 2. The lowest BCUT2D eigenvalue weighted by molar-refractivity contribution is -0.145. The highest BCUT2D eigenvalue weighted by Crippen LogP contribution is 2.57. The topological polar surface area (TPSA) is 55.4 Å². The van der Waals surface area contributed by atoms with Crippen LogP contribution in [0.4, 0.5) is 18.9 Å². The summed E-state index contributed by atoms with van der Waals surface area (Å²) in [4.78, 5) is 24.4. The Bertz CT molecular complexity index is 685. The lowest BCUT2D eigenvalue weighted by atomic mass is 9.79. The van der Waals surface area contributed by atoms with Gasteiger partial charge in [0.15, 0.2) is 0 Å². The average molecular weight is 325 g/mol. The van der Waals surface area contributed by atoms with Crippen molar-refractivity contribution in [3.05, 3.63) is 29.8 Å². The van der Waals surface area contributed by atoms with Crippen LogP contribution < -0.4 is 5.32 Å². The van der Waals surface area contributed by atoms with Gasteiger partial charge in [-0.15, -0.1) is 0 Å². The predicted molar refractivity (Wildman–Crippen MR) is 73.1 cm³/mol. The fourth-order valence-corrected chi connectivity index (χ4v) is 4.42. The predicted octanol–water partition coefficient (Wildman–Crippen LogP) is 2.84. The molecule has 4 rings (SSSR count). The van der Waals surface area contributed by atoms with Crippen molar-refractivity contribution < 1.29 is 27.5 Å². The fraction of sp³-hybridized carbons (Fsp3) is 0.500. The molecule has 2 aliphatic carbocycles. The van der Waals surface area contributed by atoms with E-state index in [9.17, 15) is 22.8 Å². The van der Waals surface area contributed by atoms with E-state index in [1.807, 2.05) is 0 Å². The molecule has 1 aromatic rings. The molecule has 1 aromatic carbocycles. The Balaban J connectivity index is 1.59. The number of amides is 1. The van der Waals surface area contributed by atoms with Gasteiger partial charge in [0.25, 0.3) is 0 Å². The lowest BCUT2D eigenvalue weighted by Gasteiger charge is -2.24. The molecule has 1 saturated heterocycles. The van der Waals surface area contributed by atoms with Crippen LogP contribution >= 0.6 is 0 Å². The van der Waals surface area contributed by atoms with Gasteiger partial charge in [0.05, 0.1) is 23.1 Å². The number of carbonyl (C=O) groups is 2. The van der Waals surface area contributed by atoms with E-state index < -0.39 is 29.5 Å². The molecule has 2 saturated carbocycles. The zero-order chi connectivity index (χ0) is 16.4. The molecule has 0 spiro atoms. The molecule has 0 radical (unpaired) electrons. The second-order valence-corrected chi connectivity index (χ2v) is 6.45. The third-order valence-electron chi connectivity index (χ3n) is 5.28. The minimum Gasteiger partial charge on any atom is -0.462 e. The zero-order valence-electron chi connectivity index (χ0n) is 12.0. The maximum atomic E-state index is 13.0. The van der Waals surface area contributed by atoms with Crippen molar-refractivity contribution in [2.75, 3.05) is 5.32 Å². The Hall–Kier alpha value is -2.05. The second-order valence-electron chi connectivity index (χ2n) is 6.45. The highest BCUT2D eigenvalue weighted by atomic mass is 19.4. The molecule has 1 amide bonds. The van der Waals surface area contributed by atoms with Gasteiger partial charge in [-0.05, 0) is 30.9 Å². The number of benzene rings is 1. The first-order valence-electron chi connectivity index (χ1n) is 7.54. The summed E-state index contributed by atoms with van der Waals surface area (Å²) in [5.74, 6) is -1.94. The molecule has 0 aromatic heterocycles. The third kappa shape index (κ3) is 2.13. The summed E-state index contributed by atoms with van der Waals surface area (Å²) < 4.78 is 44.3. The first kappa shape index (κ1) is 14.5. The van der Waals surface area contributed by atoms with Gasteiger partial charge in [0.2, 0.25) is 5.91 Å². The number of para-hydroxylation sites is 1. The van der Waals surface area contributed by atoms with Crippen molar-refractivity contribution in [1.82, 2.24) is 0 Å². The van der Waals surface area contributed by atoms with Crippen LogP contribution in [0.15, 0.2) is 24.3 Å². The van der Waals surface area contributed by atoms with Crippen LogP contribution in [0, 0.1) is 23.7 Å². The van der Waals surface area contributed by atoms with Crippen molar-refractivity contribution >= 4 is 17.6 Å². The highest BCUT2D eigenvalue weighted by molar-refractivity contribution is 5.97. The van der Waals surface area contributed by atoms with Crippen LogP contribution in [-0.2, 0) is 20.5 Å². The van der Waals surface area contributed by atoms with Gasteiger partial charge in [-0.25, -0.2) is 0 Å². The van der Waals surface area contributed by atoms with Gasteiger partial charge in [-0.2, -0.15) is 13.2 Å². The van der Waals surface area contributed by atoms with Crippen LogP contribution in [0.3, 0.4) is 0 Å². The summed E-state index contributed by atoms with van der Waals surface area (Å²) in [6, 6.07) is 4.86.